The summed E-state index contributed by atoms with van der Waals surface area (Å²) in [7, 11) is 0. The molecule has 1 aliphatic rings. The summed E-state index contributed by atoms with van der Waals surface area (Å²) in [5.74, 6) is -0.852. The number of morpholine rings is 1. The van der Waals surface area contributed by atoms with Crippen LogP contribution in [-0.4, -0.2) is 50.7 Å². The molecule has 0 aromatic heterocycles. The summed E-state index contributed by atoms with van der Waals surface area (Å²) >= 11 is 0. The van der Waals surface area contributed by atoms with E-state index in [1.165, 1.54) is 17.0 Å². The van der Waals surface area contributed by atoms with Crippen molar-refractivity contribution in [2.24, 2.45) is 11.7 Å². The van der Waals surface area contributed by atoms with E-state index in [0.717, 1.165) is 0 Å². The van der Waals surface area contributed by atoms with E-state index in [-0.39, 0.29) is 24.7 Å². The summed E-state index contributed by atoms with van der Waals surface area (Å²) < 4.78 is 19.4. The summed E-state index contributed by atoms with van der Waals surface area (Å²) in [5.41, 5.74) is 6.11. The van der Waals surface area contributed by atoms with E-state index in [9.17, 15) is 14.0 Å². The Kier molecular flexibility index (Phi) is 6.86. The number of nitrogens with one attached hydrogen (secondary N) is 2. The zero-order valence-corrected chi connectivity index (χ0v) is 14.5. The number of benzene rings is 1. The standard InChI is InChI=1S/C17H25FN4O3/c1-11(2)9-20-15(8-19)17(24)21-14-4-3-12(7-13(14)18)22-5-6-25-10-16(22)23/h3-4,7,11,15,20H,5-6,8-10,19H2,1-2H3,(H,21,24)/t15-/m1/s1. The van der Waals surface area contributed by atoms with E-state index in [1.807, 2.05) is 13.8 Å². The number of carbonyl (C=O) groups is 2. The molecule has 0 radical (unpaired) electrons. The topological polar surface area (TPSA) is 96.7 Å². The van der Waals surface area contributed by atoms with Crippen LogP contribution in [0.3, 0.4) is 0 Å². The van der Waals surface area contributed by atoms with Gasteiger partial charge in [-0.2, -0.15) is 0 Å². The Bertz CT molecular complexity index is 624. The highest BCUT2D eigenvalue weighted by Gasteiger charge is 2.22. The lowest BCUT2D eigenvalue weighted by Gasteiger charge is -2.27. The smallest absolute Gasteiger partial charge is 0.253 e. The highest BCUT2D eigenvalue weighted by Crippen LogP contribution is 2.23. The second-order valence-electron chi connectivity index (χ2n) is 6.34. The van der Waals surface area contributed by atoms with E-state index in [0.29, 0.717) is 31.3 Å². The zero-order valence-electron chi connectivity index (χ0n) is 14.5. The van der Waals surface area contributed by atoms with Crippen LogP contribution < -0.4 is 21.3 Å². The third-order valence-corrected chi connectivity index (χ3v) is 3.83. The molecule has 8 heteroatoms. The summed E-state index contributed by atoms with van der Waals surface area (Å²) in [6.07, 6.45) is 0. The van der Waals surface area contributed by atoms with Crippen molar-refractivity contribution in [2.75, 3.05) is 43.1 Å². The Balaban J connectivity index is 2.04. The zero-order chi connectivity index (χ0) is 18.4. The summed E-state index contributed by atoms with van der Waals surface area (Å²) in [5, 5.41) is 5.59. The van der Waals surface area contributed by atoms with Crippen LogP contribution >= 0.6 is 0 Å². The minimum Gasteiger partial charge on any atom is -0.370 e. The molecule has 2 rings (SSSR count). The van der Waals surface area contributed by atoms with E-state index < -0.39 is 17.8 Å². The lowest BCUT2D eigenvalue weighted by molar-refractivity contribution is -0.125. The van der Waals surface area contributed by atoms with Crippen molar-refractivity contribution in [2.45, 2.75) is 19.9 Å². The number of amides is 2. The fourth-order valence-corrected chi connectivity index (χ4v) is 2.45. The molecule has 1 aromatic carbocycles. The van der Waals surface area contributed by atoms with Crippen LogP contribution in [0.1, 0.15) is 13.8 Å². The van der Waals surface area contributed by atoms with Crippen molar-refractivity contribution < 1.29 is 18.7 Å². The van der Waals surface area contributed by atoms with Gasteiger partial charge in [0, 0.05) is 18.8 Å². The number of halogens is 1. The number of rotatable bonds is 7. The first-order valence-corrected chi connectivity index (χ1v) is 8.34. The fraction of sp³-hybridized carbons (Fsp3) is 0.529. The number of hydrogen-bond acceptors (Lipinski definition) is 5. The third kappa shape index (κ3) is 5.22. The molecule has 25 heavy (non-hydrogen) atoms. The molecule has 1 aliphatic heterocycles. The average Bonchev–Trinajstić information content (AvgIpc) is 2.57. The molecule has 0 aliphatic carbocycles. The van der Waals surface area contributed by atoms with Gasteiger partial charge in [0.15, 0.2) is 0 Å². The molecule has 1 saturated heterocycles. The van der Waals surface area contributed by atoms with Gasteiger partial charge in [0.05, 0.1) is 18.3 Å². The second kappa shape index (κ2) is 8.89. The SMILES string of the molecule is CC(C)CN[C@H](CN)C(=O)Nc1ccc(N2CCOCC2=O)cc1F. The van der Waals surface area contributed by atoms with Gasteiger partial charge < -0.3 is 26.0 Å². The van der Waals surface area contributed by atoms with Crippen LogP contribution in [-0.2, 0) is 14.3 Å². The Morgan fingerprint density at radius 3 is 2.80 bits per heavy atom. The van der Waals surface area contributed by atoms with E-state index in [4.69, 9.17) is 10.5 Å². The molecule has 1 aromatic rings. The molecular formula is C17H25FN4O3. The molecule has 0 spiro atoms. The quantitative estimate of drug-likeness (QED) is 0.671. The molecule has 1 fully saturated rings. The monoisotopic (exact) mass is 352 g/mol. The maximum absolute atomic E-state index is 14.3. The van der Waals surface area contributed by atoms with Gasteiger partial charge in [-0.1, -0.05) is 13.8 Å². The largest absolute Gasteiger partial charge is 0.370 e. The number of nitrogens with zero attached hydrogens (tertiary/aromatic N) is 1. The molecule has 0 unspecified atom stereocenters. The van der Waals surface area contributed by atoms with E-state index in [1.54, 1.807) is 6.07 Å². The fourth-order valence-electron chi connectivity index (χ4n) is 2.45. The van der Waals surface area contributed by atoms with Crippen molar-refractivity contribution >= 4 is 23.2 Å². The van der Waals surface area contributed by atoms with Gasteiger partial charge >= 0.3 is 0 Å². The Morgan fingerprint density at radius 1 is 1.44 bits per heavy atom. The average molecular weight is 352 g/mol. The van der Waals surface area contributed by atoms with Crippen molar-refractivity contribution in [3.63, 3.8) is 0 Å². The summed E-state index contributed by atoms with van der Waals surface area (Å²) in [6, 6.07) is 3.68. The van der Waals surface area contributed by atoms with Crippen LogP contribution in [0.5, 0.6) is 0 Å². The molecule has 0 bridgehead atoms. The van der Waals surface area contributed by atoms with Crippen molar-refractivity contribution in [1.82, 2.24) is 5.32 Å². The highest BCUT2D eigenvalue weighted by atomic mass is 19.1. The molecule has 7 nitrogen and oxygen atoms in total. The molecule has 4 N–H and O–H groups in total. The first-order valence-electron chi connectivity index (χ1n) is 8.34. The Labute approximate surface area is 146 Å². The van der Waals surface area contributed by atoms with Gasteiger partial charge in [-0.05, 0) is 30.7 Å². The molecule has 2 amide bonds. The summed E-state index contributed by atoms with van der Waals surface area (Å²) in [6.45, 7) is 5.55. The molecule has 1 heterocycles. The predicted octanol–water partition coefficient (Wildman–Crippen LogP) is 0.700. The maximum atomic E-state index is 14.3. The van der Waals surface area contributed by atoms with Gasteiger partial charge in [0.1, 0.15) is 12.4 Å². The van der Waals surface area contributed by atoms with Crippen molar-refractivity contribution in [3.8, 4) is 0 Å². The van der Waals surface area contributed by atoms with Gasteiger partial charge in [-0.3, -0.25) is 9.59 Å². The minimum absolute atomic E-state index is 0.0141. The third-order valence-electron chi connectivity index (χ3n) is 3.83. The molecule has 0 saturated carbocycles. The first-order chi connectivity index (χ1) is 11.9. The molecule has 138 valence electrons. The normalized spacial score (nSPS) is 16.2. The maximum Gasteiger partial charge on any atom is 0.253 e. The number of hydrogen-bond donors (Lipinski definition) is 3. The molecule has 1 atom stereocenters. The number of nitrogens with two attached hydrogens (primary N) is 1. The lowest BCUT2D eigenvalue weighted by atomic mass is 10.2. The predicted molar refractivity (Wildman–Crippen MR) is 93.9 cm³/mol. The second-order valence-corrected chi connectivity index (χ2v) is 6.34. The number of anilines is 2. The number of ether oxygens (including phenoxy) is 1. The van der Waals surface area contributed by atoms with Gasteiger partial charge in [0.25, 0.3) is 5.91 Å². The van der Waals surface area contributed by atoms with E-state index >= 15 is 0 Å². The van der Waals surface area contributed by atoms with Crippen LogP contribution in [0.4, 0.5) is 15.8 Å². The van der Waals surface area contributed by atoms with Gasteiger partial charge in [-0.15, -0.1) is 0 Å². The van der Waals surface area contributed by atoms with Gasteiger partial charge in [0.2, 0.25) is 5.91 Å². The van der Waals surface area contributed by atoms with Crippen molar-refractivity contribution in [3.05, 3.63) is 24.0 Å². The first kappa shape index (κ1) is 19.3. The number of carbonyl (C=O) groups excluding carboxylic acids is 2. The summed E-state index contributed by atoms with van der Waals surface area (Å²) in [4.78, 5) is 25.5. The highest BCUT2D eigenvalue weighted by molar-refractivity contribution is 5.97. The van der Waals surface area contributed by atoms with Crippen LogP contribution in [0.15, 0.2) is 18.2 Å². The Morgan fingerprint density at radius 2 is 2.20 bits per heavy atom. The molecular weight excluding hydrogens is 327 g/mol. The van der Waals surface area contributed by atoms with Gasteiger partial charge in [-0.25, -0.2) is 4.39 Å². The van der Waals surface area contributed by atoms with E-state index in [2.05, 4.69) is 10.6 Å². The lowest BCUT2D eigenvalue weighted by Crippen LogP contribution is -2.47. The van der Waals surface area contributed by atoms with Crippen LogP contribution in [0.25, 0.3) is 0 Å². The van der Waals surface area contributed by atoms with Crippen LogP contribution in [0, 0.1) is 11.7 Å². The van der Waals surface area contributed by atoms with Crippen molar-refractivity contribution in [1.29, 1.82) is 0 Å². The minimum atomic E-state index is -0.607. The Hall–Kier alpha value is -2.03. The van der Waals surface area contributed by atoms with Crippen LogP contribution in [0.2, 0.25) is 0 Å².